The Balaban J connectivity index is 1.98. The zero-order valence-corrected chi connectivity index (χ0v) is 18.2. The maximum absolute atomic E-state index is 14.9. The zero-order chi connectivity index (χ0) is 23.0. The molecule has 1 heterocycles. The predicted octanol–water partition coefficient (Wildman–Crippen LogP) is 5.77. The highest BCUT2D eigenvalue weighted by molar-refractivity contribution is 6.52. The van der Waals surface area contributed by atoms with E-state index >= 15 is 0 Å². The van der Waals surface area contributed by atoms with Gasteiger partial charge in [-0.15, -0.1) is 0 Å². The van der Waals surface area contributed by atoms with E-state index in [4.69, 9.17) is 27.9 Å². The largest absolute Gasteiger partial charge is 0.507 e. The molecule has 3 aromatic carbocycles. The van der Waals surface area contributed by atoms with Crippen LogP contribution in [0.2, 0.25) is 10.0 Å². The quantitative estimate of drug-likeness (QED) is 0.298. The fraction of sp³-hybridized carbons (Fsp3) is 0.0833. The number of ether oxygens (including phenoxy) is 1. The molecule has 8 heteroatoms. The minimum atomic E-state index is -1.22. The van der Waals surface area contributed by atoms with E-state index in [1.807, 2.05) is 0 Å². The van der Waals surface area contributed by atoms with Gasteiger partial charge in [0.15, 0.2) is 0 Å². The lowest BCUT2D eigenvalue weighted by atomic mass is 9.94. The second-order valence-electron chi connectivity index (χ2n) is 7.02. The third kappa shape index (κ3) is 3.72. The van der Waals surface area contributed by atoms with Gasteiger partial charge < -0.3 is 9.84 Å². The number of halogens is 3. The summed E-state index contributed by atoms with van der Waals surface area (Å²) in [5.41, 5.74) is 0.277. The number of nitrogens with zero attached hydrogens (tertiary/aromatic N) is 1. The van der Waals surface area contributed by atoms with Gasteiger partial charge in [-0.3, -0.25) is 14.5 Å². The maximum atomic E-state index is 14.9. The van der Waals surface area contributed by atoms with Crippen LogP contribution in [0, 0.1) is 5.82 Å². The van der Waals surface area contributed by atoms with Gasteiger partial charge in [0.25, 0.3) is 11.7 Å². The number of aliphatic hydroxyl groups is 1. The first kappa shape index (κ1) is 21.9. The Morgan fingerprint density at radius 1 is 1.00 bits per heavy atom. The SMILES string of the molecule is COc1cccc(/C(O)=C2\C(=O)C(=O)N(c3ccc(Cl)c(Cl)c3)C2c2ccccc2F)c1. The molecule has 1 aliphatic rings. The second-order valence-corrected chi connectivity index (χ2v) is 7.84. The highest BCUT2D eigenvalue weighted by Crippen LogP contribution is 2.44. The van der Waals surface area contributed by atoms with Crippen LogP contribution in [-0.4, -0.2) is 23.9 Å². The summed E-state index contributed by atoms with van der Waals surface area (Å²) in [7, 11) is 1.46. The molecule has 4 rings (SSSR count). The summed E-state index contributed by atoms with van der Waals surface area (Å²) in [4.78, 5) is 27.3. The number of hydrogen-bond donors (Lipinski definition) is 1. The second kappa shape index (κ2) is 8.65. The van der Waals surface area contributed by atoms with Crippen molar-refractivity contribution in [2.24, 2.45) is 0 Å². The molecule has 1 unspecified atom stereocenters. The van der Waals surface area contributed by atoms with Crippen LogP contribution >= 0.6 is 23.2 Å². The first-order valence-electron chi connectivity index (χ1n) is 9.48. The van der Waals surface area contributed by atoms with Crippen LogP contribution in [0.15, 0.2) is 72.3 Å². The molecule has 0 spiro atoms. The molecule has 0 aliphatic carbocycles. The molecule has 1 amide bonds. The summed E-state index contributed by atoms with van der Waals surface area (Å²) in [6.45, 7) is 0. The Morgan fingerprint density at radius 2 is 1.75 bits per heavy atom. The van der Waals surface area contributed by atoms with Gasteiger partial charge in [0.05, 0.1) is 28.8 Å². The first-order valence-corrected chi connectivity index (χ1v) is 10.2. The van der Waals surface area contributed by atoms with E-state index < -0.39 is 29.3 Å². The van der Waals surface area contributed by atoms with Crippen LogP contribution in [0.25, 0.3) is 5.76 Å². The van der Waals surface area contributed by atoms with Crippen molar-refractivity contribution in [3.63, 3.8) is 0 Å². The fourth-order valence-electron chi connectivity index (χ4n) is 3.65. The van der Waals surface area contributed by atoms with Crippen molar-refractivity contribution >= 4 is 46.3 Å². The molecule has 1 atom stereocenters. The summed E-state index contributed by atoms with van der Waals surface area (Å²) in [6.07, 6.45) is 0. The summed E-state index contributed by atoms with van der Waals surface area (Å²) >= 11 is 12.1. The molecule has 1 aliphatic heterocycles. The number of aliphatic hydroxyl groups excluding tert-OH is 1. The number of methoxy groups -OCH3 is 1. The van der Waals surface area contributed by atoms with Crippen molar-refractivity contribution < 1.29 is 23.8 Å². The van der Waals surface area contributed by atoms with Gasteiger partial charge >= 0.3 is 0 Å². The first-order chi connectivity index (χ1) is 15.3. The van der Waals surface area contributed by atoms with Crippen molar-refractivity contribution in [3.8, 4) is 5.75 Å². The van der Waals surface area contributed by atoms with Crippen LogP contribution in [0.5, 0.6) is 5.75 Å². The van der Waals surface area contributed by atoms with E-state index in [1.165, 1.54) is 49.6 Å². The lowest BCUT2D eigenvalue weighted by Gasteiger charge is -2.26. The standard InChI is InChI=1S/C24H16Cl2FNO4/c1-32-15-6-4-5-13(11-15)22(29)20-21(16-7-2-3-8-19(16)27)28(24(31)23(20)30)14-9-10-17(25)18(26)12-14/h2-12,21,29H,1H3/b22-20+. The predicted molar refractivity (Wildman–Crippen MR) is 121 cm³/mol. The topological polar surface area (TPSA) is 66.8 Å². The molecule has 3 aromatic rings. The van der Waals surface area contributed by atoms with Crippen molar-refractivity contribution in [2.75, 3.05) is 12.0 Å². The monoisotopic (exact) mass is 471 g/mol. The molecule has 0 radical (unpaired) electrons. The van der Waals surface area contributed by atoms with Gasteiger partial charge in [0, 0.05) is 16.8 Å². The highest BCUT2D eigenvalue weighted by atomic mass is 35.5. The van der Waals surface area contributed by atoms with Gasteiger partial charge in [-0.05, 0) is 36.4 Å². The number of carbonyl (C=O) groups is 2. The number of Topliss-reactive ketones (excluding diaryl/α,β-unsaturated/α-hetero) is 1. The van der Waals surface area contributed by atoms with Crippen LogP contribution in [0.3, 0.4) is 0 Å². The number of benzene rings is 3. The lowest BCUT2D eigenvalue weighted by Crippen LogP contribution is -2.29. The van der Waals surface area contributed by atoms with Crippen LogP contribution in [0.1, 0.15) is 17.2 Å². The Labute approximate surface area is 193 Å². The van der Waals surface area contributed by atoms with E-state index in [0.29, 0.717) is 5.75 Å². The average Bonchev–Trinajstić information content (AvgIpc) is 3.06. The van der Waals surface area contributed by atoms with Gasteiger partial charge in [-0.2, -0.15) is 0 Å². The minimum absolute atomic E-state index is 0.0437. The average molecular weight is 472 g/mol. The molecular formula is C24H16Cl2FNO4. The van der Waals surface area contributed by atoms with Crippen molar-refractivity contribution in [3.05, 3.63) is 99.3 Å². The Kier molecular flexibility index (Phi) is 5.91. The van der Waals surface area contributed by atoms with E-state index in [2.05, 4.69) is 0 Å². The normalized spacial score (nSPS) is 17.6. The highest BCUT2D eigenvalue weighted by Gasteiger charge is 2.47. The third-order valence-electron chi connectivity index (χ3n) is 5.17. The number of amides is 1. The molecule has 1 N–H and O–H groups in total. The molecule has 5 nitrogen and oxygen atoms in total. The molecule has 32 heavy (non-hydrogen) atoms. The maximum Gasteiger partial charge on any atom is 0.300 e. The third-order valence-corrected chi connectivity index (χ3v) is 5.91. The van der Waals surface area contributed by atoms with Gasteiger partial charge in [-0.1, -0.05) is 53.5 Å². The molecule has 1 saturated heterocycles. The number of ketones is 1. The van der Waals surface area contributed by atoms with Crippen molar-refractivity contribution in [1.29, 1.82) is 0 Å². The minimum Gasteiger partial charge on any atom is -0.507 e. The molecule has 0 saturated carbocycles. The smallest absolute Gasteiger partial charge is 0.300 e. The Bertz CT molecular complexity index is 1270. The fourth-order valence-corrected chi connectivity index (χ4v) is 3.94. The number of carbonyl (C=O) groups excluding carboxylic acids is 2. The summed E-state index contributed by atoms with van der Waals surface area (Å²) < 4.78 is 20.0. The van der Waals surface area contributed by atoms with E-state index in [-0.39, 0.29) is 32.4 Å². The van der Waals surface area contributed by atoms with E-state index in [9.17, 15) is 19.1 Å². The molecule has 162 valence electrons. The van der Waals surface area contributed by atoms with Crippen LogP contribution in [-0.2, 0) is 9.59 Å². The summed E-state index contributed by atoms with van der Waals surface area (Å²) in [6, 6.07) is 15.3. The van der Waals surface area contributed by atoms with Gasteiger partial charge in [-0.25, -0.2) is 4.39 Å². The number of hydrogen-bond acceptors (Lipinski definition) is 4. The van der Waals surface area contributed by atoms with Crippen molar-refractivity contribution in [1.82, 2.24) is 0 Å². The van der Waals surface area contributed by atoms with Gasteiger partial charge in [0.1, 0.15) is 17.3 Å². The summed E-state index contributed by atoms with van der Waals surface area (Å²) in [5.74, 6) is -2.53. The molecule has 0 bridgehead atoms. The Hall–Kier alpha value is -3.35. The number of anilines is 1. The zero-order valence-electron chi connectivity index (χ0n) is 16.7. The van der Waals surface area contributed by atoms with Crippen LogP contribution < -0.4 is 9.64 Å². The molecular weight excluding hydrogens is 456 g/mol. The summed E-state index contributed by atoms with van der Waals surface area (Å²) in [5, 5.41) is 11.5. The van der Waals surface area contributed by atoms with Crippen LogP contribution in [0.4, 0.5) is 10.1 Å². The molecule has 0 aromatic heterocycles. The van der Waals surface area contributed by atoms with Crippen molar-refractivity contribution in [2.45, 2.75) is 6.04 Å². The van der Waals surface area contributed by atoms with Gasteiger partial charge in [0.2, 0.25) is 0 Å². The Morgan fingerprint density at radius 3 is 2.44 bits per heavy atom. The van der Waals surface area contributed by atoms with E-state index in [0.717, 1.165) is 4.90 Å². The van der Waals surface area contributed by atoms with E-state index in [1.54, 1.807) is 24.3 Å². The lowest BCUT2D eigenvalue weighted by molar-refractivity contribution is -0.132. The number of rotatable bonds is 4. The molecule has 1 fully saturated rings.